The summed E-state index contributed by atoms with van der Waals surface area (Å²) in [6.45, 7) is 27.1. The SMILES string of the molecule is CC(C)(C)OC(=O)n1cc(N)cn1.CC(C)(C)OC(=O)n1cc(Nc2cnc3ccc(N(COCC[Si](C)(C)C)c4nnc(C5CCC5)s4)nc3c2)cn1.C[Si](C)(C)CCOCN(c1ccc2ncc(Br)cc2n1)c1nnc(C2CCC2)s1.c1n[nH]cc1Nc1cnc2ccc(Nc3nnc(C4CCC4)s3)nc2c1. The molecule has 109 heavy (non-hydrogen) atoms. The Morgan fingerprint density at radius 1 is 0.541 bits per heavy atom. The second-order valence-electron chi connectivity index (χ2n) is 31.2. The minimum atomic E-state index is -1.22. The minimum Gasteiger partial charge on any atom is -0.442 e. The molecule has 36 heteroatoms. The highest BCUT2D eigenvalue weighted by molar-refractivity contribution is 9.10. The molecule has 0 atom stereocenters. The molecule has 3 fully saturated rings. The summed E-state index contributed by atoms with van der Waals surface area (Å²) in [6.07, 6.45) is 24.7. The number of ether oxygens (including phenoxy) is 4. The minimum absolute atomic E-state index is 0.345. The van der Waals surface area contributed by atoms with Crippen molar-refractivity contribution in [2.75, 3.05) is 58.2 Å². The van der Waals surface area contributed by atoms with Crippen LogP contribution in [0.15, 0.2) is 115 Å². The van der Waals surface area contributed by atoms with E-state index in [1.165, 1.54) is 74.9 Å². The summed E-state index contributed by atoms with van der Waals surface area (Å²) >= 11 is 8.37. The number of aromatic nitrogens is 18. The number of rotatable bonds is 23. The number of pyridine rings is 6. The molecular weight excluding hydrogens is 1540 g/mol. The lowest BCUT2D eigenvalue weighted by atomic mass is 9.86. The van der Waals surface area contributed by atoms with Crippen LogP contribution in [0, 0.1) is 0 Å². The van der Waals surface area contributed by atoms with Crippen molar-refractivity contribution in [3.63, 3.8) is 0 Å². The van der Waals surface area contributed by atoms with Gasteiger partial charge in [-0.05, 0) is 163 Å². The molecule has 6 N–H and O–H groups in total. The van der Waals surface area contributed by atoms with Gasteiger partial charge >= 0.3 is 12.2 Å². The molecule has 30 nitrogen and oxygen atoms in total. The fraction of sp³-hybridized carbons (Fsp3) is 0.438. The Balaban J connectivity index is 0.000000144. The zero-order valence-corrected chi connectivity index (χ0v) is 69.4. The maximum atomic E-state index is 12.3. The van der Waals surface area contributed by atoms with E-state index in [9.17, 15) is 9.59 Å². The molecule has 3 aliphatic carbocycles. The number of carbonyl (C=O) groups excluding carboxylic acids is 2. The standard InChI is InChI=1S/C28H38N8O3SSi.C20H26BrN5OSSi.C17H16N8S.C8H13N3O2/c1-28(2,3)39-27(37)36-17-21(16-30-36)31-20-14-23-22(29-15-20)10-11-24(32-23)35(18-38-12-13-41(4,5)6)26-34-33-25(40-26)19-8-7-9-19;1-29(2,3)10-9-27-13-26(20-25-24-19(28-20)14-5-4-6-14)18-8-7-16-17(23-18)11-15(21)12-22-16;1-2-10(3-1)16-24-25-17(26-16)23-15-5-4-13-14(22-15)6-11(7-18-13)21-12-8-19-20-9-12;1-8(2,3)13-7(12)11-5-6(9)4-10-11/h10-11,14-17,19,31H,7-9,12-13,18H2,1-6H3;7-8,11-12,14H,4-6,9-10,13H2,1-3H3;4-10,21H,1-3H2,(H,19,20)(H,22,23,25);4-5H,9H2,1-3H3. The van der Waals surface area contributed by atoms with Crippen molar-refractivity contribution in [1.29, 1.82) is 0 Å². The first kappa shape index (κ1) is 79.1. The first-order chi connectivity index (χ1) is 52.0. The monoisotopic (exact) mass is 1630 g/mol. The van der Waals surface area contributed by atoms with Gasteiger partial charge in [-0.3, -0.25) is 29.9 Å². The number of nitrogen functional groups attached to an aromatic ring is 1. The van der Waals surface area contributed by atoms with E-state index < -0.39 is 39.5 Å². The number of fused-ring (bicyclic) bond motifs is 3. The molecule has 0 unspecified atom stereocenters. The van der Waals surface area contributed by atoms with E-state index in [-0.39, 0.29) is 0 Å². The number of hydrogen-bond acceptors (Lipinski definition) is 30. The highest BCUT2D eigenvalue weighted by Gasteiger charge is 2.30. The molecule has 0 bridgehead atoms. The van der Waals surface area contributed by atoms with Gasteiger partial charge in [0.1, 0.15) is 57.1 Å². The molecular formula is C73H93BrN24O6S3Si2. The summed E-state index contributed by atoms with van der Waals surface area (Å²) in [5, 5.41) is 56.5. The lowest BCUT2D eigenvalue weighted by Crippen LogP contribution is -2.27. The number of aromatic amines is 1. The van der Waals surface area contributed by atoms with Crippen molar-refractivity contribution in [3.05, 3.63) is 130 Å². The number of hydrogen-bond donors (Lipinski definition) is 5. The molecule has 574 valence electrons. The van der Waals surface area contributed by atoms with Crippen LogP contribution in [0.25, 0.3) is 33.1 Å². The van der Waals surface area contributed by atoms with Crippen LogP contribution in [0.5, 0.6) is 0 Å². The summed E-state index contributed by atoms with van der Waals surface area (Å²) in [7, 11) is -2.35. The zero-order chi connectivity index (χ0) is 77.0. The molecule has 12 aromatic rings. The number of nitrogens with one attached hydrogen (secondary N) is 4. The van der Waals surface area contributed by atoms with Gasteiger partial charge in [-0.1, -0.05) is 92.6 Å². The van der Waals surface area contributed by atoms with Gasteiger partial charge in [0.05, 0.1) is 105 Å². The molecule has 15 rings (SSSR count). The summed E-state index contributed by atoms with van der Waals surface area (Å²) < 4.78 is 25.8. The highest BCUT2D eigenvalue weighted by Crippen LogP contribution is 2.43. The van der Waals surface area contributed by atoms with E-state index in [1.54, 1.807) is 98.2 Å². The first-order valence-electron chi connectivity index (χ1n) is 36.3. The van der Waals surface area contributed by atoms with Gasteiger partial charge in [0, 0.05) is 64.0 Å². The molecule has 12 heterocycles. The Kier molecular flexibility index (Phi) is 25.5. The van der Waals surface area contributed by atoms with Gasteiger partial charge in [0.2, 0.25) is 15.4 Å². The van der Waals surface area contributed by atoms with E-state index in [0.29, 0.717) is 60.4 Å². The molecule has 0 radical (unpaired) electrons. The Morgan fingerprint density at radius 2 is 1.01 bits per heavy atom. The number of H-pyrrole nitrogens is 1. The number of halogens is 1. The maximum absolute atomic E-state index is 12.3. The maximum Gasteiger partial charge on any atom is 0.435 e. The highest BCUT2D eigenvalue weighted by atomic mass is 79.9. The van der Waals surface area contributed by atoms with Gasteiger partial charge in [0.25, 0.3) is 0 Å². The molecule has 3 saturated carbocycles. The van der Waals surface area contributed by atoms with Crippen LogP contribution in [-0.4, -0.2) is 156 Å². The summed E-state index contributed by atoms with van der Waals surface area (Å²) in [4.78, 5) is 55.5. The average Bonchev–Trinajstić information content (AvgIpc) is 1.73. The quantitative estimate of drug-likeness (QED) is 0.0226. The van der Waals surface area contributed by atoms with Crippen LogP contribution >= 0.6 is 49.9 Å². The second kappa shape index (κ2) is 35.1. The fourth-order valence-electron chi connectivity index (χ4n) is 10.7. The lowest BCUT2D eigenvalue weighted by molar-refractivity contribution is 0.0503. The van der Waals surface area contributed by atoms with Crippen LogP contribution in [-0.2, 0) is 18.9 Å². The van der Waals surface area contributed by atoms with Crippen molar-refractivity contribution in [2.24, 2.45) is 0 Å². The van der Waals surface area contributed by atoms with Crippen LogP contribution in [0.1, 0.15) is 132 Å². The third kappa shape index (κ3) is 22.8. The Bertz CT molecular complexity index is 5020. The smallest absolute Gasteiger partial charge is 0.435 e. The largest absolute Gasteiger partial charge is 0.442 e. The second-order valence-corrected chi connectivity index (χ2v) is 46.3. The summed E-state index contributed by atoms with van der Waals surface area (Å²) in [6, 6.07) is 19.8. The molecule has 0 amide bonds. The van der Waals surface area contributed by atoms with Crippen LogP contribution in [0.3, 0.4) is 0 Å². The normalized spacial score (nSPS) is 14.1. The number of nitrogens with zero attached hydrogens (tertiary/aromatic N) is 19. The van der Waals surface area contributed by atoms with Gasteiger partial charge in [-0.15, -0.1) is 30.6 Å². The van der Waals surface area contributed by atoms with E-state index >= 15 is 0 Å². The van der Waals surface area contributed by atoms with Gasteiger partial charge < -0.3 is 40.6 Å². The molecule has 0 saturated heterocycles. The predicted octanol–water partition coefficient (Wildman–Crippen LogP) is 18.1. The molecule has 12 aromatic heterocycles. The topological polar surface area (TPSA) is 359 Å². The van der Waals surface area contributed by atoms with E-state index in [4.69, 9.17) is 34.6 Å². The van der Waals surface area contributed by atoms with Crippen molar-refractivity contribution >= 4 is 173 Å². The van der Waals surface area contributed by atoms with Crippen LogP contribution in [0.4, 0.5) is 70.9 Å². The van der Waals surface area contributed by atoms with Crippen molar-refractivity contribution in [2.45, 2.75) is 180 Å². The average molecular weight is 1630 g/mol. The zero-order valence-electron chi connectivity index (χ0n) is 63.4. The van der Waals surface area contributed by atoms with Crippen LogP contribution < -0.4 is 31.5 Å². The van der Waals surface area contributed by atoms with Gasteiger partial charge in [-0.2, -0.15) is 24.7 Å². The number of anilines is 11. The number of carbonyl (C=O) groups is 2. The molecule has 0 aromatic carbocycles. The third-order valence-electron chi connectivity index (χ3n) is 17.3. The number of nitrogens with two attached hydrogens (primary N) is 1. The molecule has 0 spiro atoms. The Hall–Kier alpha value is -9.44. The van der Waals surface area contributed by atoms with E-state index in [1.807, 2.05) is 85.2 Å². The molecule has 3 aliphatic rings. The third-order valence-corrected chi connectivity index (χ3v) is 24.4. The van der Waals surface area contributed by atoms with E-state index in [2.05, 4.69) is 142 Å². The summed E-state index contributed by atoms with van der Waals surface area (Å²) in [5.74, 6) is 3.93. The van der Waals surface area contributed by atoms with Crippen molar-refractivity contribution in [3.8, 4) is 0 Å². The first-order valence-corrected chi connectivity index (χ1v) is 47.0. The van der Waals surface area contributed by atoms with Crippen molar-refractivity contribution in [1.82, 2.24) is 90.3 Å². The Morgan fingerprint density at radius 3 is 1.49 bits per heavy atom. The van der Waals surface area contributed by atoms with Gasteiger partial charge in [0.15, 0.2) is 0 Å². The summed E-state index contributed by atoms with van der Waals surface area (Å²) in [5.41, 5.74) is 12.6. The van der Waals surface area contributed by atoms with E-state index in [0.717, 1.165) is 115 Å². The molecule has 0 aliphatic heterocycles. The van der Waals surface area contributed by atoms with Crippen LogP contribution in [0.2, 0.25) is 51.4 Å². The predicted molar refractivity (Wildman–Crippen MR) is 439 cm³/mol. The lowest BCUT2D eigenvalue weighted by Gasteiger charge is -2.23. The fourth-order valence-corrected chi connectivity index (χ4v) is 15.5. The Labute approximate surface area is 654 Å². The van der Waals surface area contributed by atoms with Gasteiger partial charge in [-0.25, -0.2) is 24.5 Å². The van der Waals surface area contributed by atoms with Crippen molar-refractivity contribution < 1.29 is 28.5 Å².